The van der Waals surface area contributed by atoms with Gasteiger partial charge in [0.25, 0.3) is 5.56 Å². The van der Waals surface area contributed by atoms with E-state index < -0.39 is 0 Å². The van der Waals surface area contributed by atoms with Gasteiger partial charge in [-0.1, -0.05) is 30.3 Å². The van der Waals surface area contributed by atoms with Crippen molar-refractivity contribution in [1.29, 1.82) is 0 Å². The Hall–Kier alpha value is -2.10. The molecule has 0 saturated carbocycles. The molecule has 2 aromatic rings. The van der Waals surface area contributed by atoms with Gasteiger partial charge in [-0.25, -0.2) is 5.10 Å². The Morgan fingerprint density at radius 2 is 2.00 bits per heavy atom. The summed E-state index contributed by atoms with van der Waals surface area (Å²) in [6.07, 6.45) is 1.55. The topological polar surface area (TPSA) is 57.8 Å². The standard InChI is InChI=1S/C11H11N3O/c15-11-10(6-7-13-14-11)12-8-9-4-2-1-3-5-9/h1-7H,8H2,(H,12,13)(H,14,15). The second kappa shape index (κ2) is 4.41. The summed E-state index contributed by atoms with van der Waals surface area (Å²) < 4.78 is 0. The van der Waals surface area contributed by atoms with Crippen LogP contribution in [0.3, 0.4) is 0 Å². The number of hydrogen-bond donors (Lipinski definition) is 2. The molecule has 0 aliphatic carbocycles. The van der Waals surface area contributed by atoms with E-state index in [0.717, 1.165) is 5.56 Å². The molecule has 0 unspecified atom stereocenters. The number of benzene rings is 1. The van der Waals surface area contributed by atoms with Crippen molar-refractivity contribution in [1.82, 2.24) is 10.2 Å². The maximum absolute atomic E-state index is 11.3. The molecule has 0 amide bonds. The van der Waals surface area contributed by atoms with Crippen LogP contribution in [-0.2, 0) is 6.54 Å². The fourth-order valence-electron chi connectivity index (χ4n) is 1.28. The smallest absolute Gasteiger partial charge is 0.287 e. The summed E-state index contributed by atoms with van der Waals surface area (Å²) in [5.74, 6) is 0. The monoisotopic (exact) mass is 201 g/mol. The van der Waals surface area contributed by atoms with Crippen LogP contribution in [0, 0.1) is 0 Å². The van der Waals surface area contributed by atoms with Crippen LogP contribution in [0.4, 0.5) is 5.69 Å². The Bertz CT molecular complexity index is 478. The lowest BCUT2D eigenvalue weighted by Crippen LogP contribution is -2.14. The van der Waals surface area contributed by atoms with Crippen LogP contribution in [-0.4, -0.2) is 10.2 Å². The van der Waals surface area contributed by atoms with E-state index in [1.807, 2.05) is 30.3 Å². The molecule has 15 heavy (non-hydrogen) atoms. The summed E-state index contributed by atoms with van der Waals surface area (Å²) in [5.41, 5.74) is 1.47. The fourth-order valence-corrected chi connectivity index (χ4v) is 1.28. The van der Waals surface area contributed by atoms with E-state index >= 15 is 0 Å². The van der Waals surface area contributed by atoms with Crippen molar-refractivity contribution in [2.75, 3.05) is 5.32 Å². The predicted octanol–water partition coefficient (Wildman–Crippen LogP) is 1.38. The molecule has 0 aliphatic heterocycles. The van der Waals surface area contributed by atoms with E-state index in [-0.39, 0.29) is 5.56 Å². The van der Waals surface area contributed by atoms with Gasteiger partial charge in [-0.3, -0.25) is 4.79 Å². The number of aromatic nitrogens is 2. The molecule has 4 nitrogen and oxygen atoms in total. The molecular weight excluding hydrogens is 190 g/mol. The van der Waals surface area contributed by atoms with Gasteiger partial charge < -0.3 is 5.32 Å². The first kappa shape index (κ1) is 9.45. The zero-order chi connectivity index (χ0) is 10.5. The molecule has 1 aromatic carbocycles. The summed E-state index contributed by atoms with van der Waals surface area (Å²) in [6.45, 7) is 0.633. The summed E-state index contributed by atoms with van der Waals surface area (Å²) in [7, 11) is 0. The van der Waals surface area contributed by atoms with Crippen molar-refractivity contribution >= 4 is 5.69 Å². The first-order valence-corrected chi connectivity index (χ1v) is 4.68. The van der Waals surface area contributed by atoms with E-state index in [2.05, 4.69) is 15.5 Å². The summed E-state index contributed by atoms with van der Waals surface area (Å²) in [4.78, 5) is 11.3. The molecule has 0 fully saturated rings. The van der Waals surface area contributed by atoms with Crippen LogP contribution in [0.1, 0.15) is 5.56 Å². The normalized spacial score (nSPS) is 9.87. The summed E-state index contributed by atoms with van der Waals surface area (Å²) in [5, 5.41) is 9.04. The Morgan fingerprint density at radius 3 is 2.73 bits per heavy atom. The molecule has 1 aromatic heterocycles. The summed E-state index contributed by atoms with van der Waals surface area (Å²) in [6, 6.07) is 11.6. The van der Waals surface area contributed by atoms with Gasteiger partial charge in [-0.15, -0.1) is 0 Å². The molecule has 0 aliphatic rings. The Morgan fingerprint density at radius 1 is 1.20 bits per heavy atom. The van der Waals surface area contributed by atoms with Gasteiger partial charge in [-0.05, 0) is 11.6 Å². The van der Waals surface area contributed by atoms with Crippen molar-refractivity contribution in [3.05, 3.63) is 58.5 Å². The van der Waals surface area contributed by atoms with Crippen LogP contribution in [0.2, 0.25) is 0 Å². The Kier molecular flexibility index (Phi) is 2.78. The van der Waals surface area contributed by atoms with E-state index in [1.165, 1.54) is 0 Å². The second-order valence-corrected chi connectivity index (χ2v) is 3.14. The molecule has 1 heterocycles. The van der Waals surface area contributed by atoms with Crippen molar-refractivity contribution < 1.29 is 0 Å². The summed E-state index contributed by atoms with van der Waals surface area (Å²) >= 11 is 0. The molecule has 0 saturated heterocycles. The average Bonchev–Trinajstić information content (AvgIpc) is 2.29. The third-order valence-corrected chi connectivity index (χ3v) is 2.05. The minimum atomic E-state index is -0.201. The van der Waals surface area contributed by atoms with Gasteiger partial charge in [0, 0.05) is 12.7 Å². The first-order chi connectivity index (χ1) is 7.36. The van der Waals surface area contributed by atoms with Gasteiger partial charge in [0.2, 0.25) is 0 Å². The van der Waals surface area contributed by atoms with Crippen LogP contribution in [0.15, 0.2) is 47.4 Å². The third kappa shape index (κ3) is 2.43. The molecule has 0 atom stereocenters. The van der Waals surface area contributed by atoms with Crippen molar-refractivity contribution in [3.63, 3.8) is 0 Å². The maximum atomic E-state index is 11.3. The van der Waals surface area contributed by atoms with Gasteiger partial charge in [0.05, 0.1) is 0 Å². The molecule has 4 heteroatoms. The zero-order valence-electron chi connectivity index (χ0n) is 8.10. The van der Waals surface area contributed by atoms with Crippen molar-refractivity contribution in [3.8, 4) is 0 Å². The largest absolute Gasteiger partial charge is 0.376 e. The number of H-pyrrole nitrogens is 1. The number of aromatic amines is 1. The molecule has 0 spiro atoms. The van der Waals surface area contributed by atoms with Crippen molar-refractivity contribution in [2.45, 2.75) is 6.54 Å². The minimum absolute atomic E-state index is 0.201. The predicted molar refractivity (Wildman–Crippen MR) is 58.6 cm³/mol. The first-order valence-electron chi connectivity index (χ1n) is 4.68. The van der Waals surface area contributed by atoms with Crippen LogP contribution in [0.25, 0.3) is 0 Å². The van der Waals surface area contributed by atoms with Gasteiger partial charge in [0.15, 0.2) is 0 Å². The van der Waals surface area contributed by atoms with Gasteiger partial charge in [-0.2, -0.15) is 5.10 Å². The lowest BCUT2D eigenvalue weighted by molar-refractivity contribution is 0.979. The van der Waals surface area contributed by atoms with E-state index in [0.29, 0.717) is 12.2 Å². The van der Waals surface area contributed by atoms with E-state index in [1.54, 1.807) is 12.3 Å². The average molecular weight is 201 g/mol. The lowest BCUT2D eigenvalue weighted by Gasteiger charge is -2.04. The SMILES string of the molecule is O=c1[nH]nccc1NCc1ccccc1. The second-order valence-electron chi connectivity index (χ2n) is 3.14. The fraction of sp³-hybridized carbons (Fsp3) is 0.0909. The number of nitrogens with one attached hydrogen (secondary N) is 2. The molecule has 2 N–H and O–H groups in total. The lowest BCUT2D eigenvalue weighted by atomic mass is 10.2. The van der Waals surface area contributed by atoms with Crippen LogP contribution >= 0.6 is 0 Å². The van der Waals surface area contributed by atoms with Crippen molar-refractivity contribution in [2.24, 2.45) is 0 Å². The highest BCUT2D eigenvalue weighted by atomic mass is 16.1. The number of hydrogen-bond acceptors (Lipinski definition) is 3. The quantitative estimate of drug-likeness (QED) is 0.788. The molecule has 0 radical (unpaired) electrons. The van der Waals surface area contributed by atoms with Crippen LogP contribution < -0.4 is 10.9 Å². The maximum Gasteiger partial charge on any atom is 0.287 e. The highest BCUT2D eigenvalue weighted by Crippen LogP contribution is 2.02. The highest BCUT2D eigenvalue weighted by Gasteiger charge is 1.97. The molecule has 0 bridgehead atoms. The number of rotatable bonds is 3. The van der Waals surface area contributed by atoms with Crippen LogP contribution in [0.5, 0.6) is 0 Å². The van der Waals surface area contributed by atoms with E-state index in [4.69, 9.17) is 0 Å². The highest BCUT2D eigenvalue weighted by molar-refractivity contribution is 5.39. The zero-order valence-corrected chi connectivity index (χ0v) is 8.10. The Labute approximate surface area is 87.0 Å². The minimum Gasteiger partial charge on any atom is -0.376 e. The third-order valence-electron chi connectivity index (χ3n) is 2.05. The van der Waals surface area contributed by atoms with E-state index in [9.17, 15) is 4.79 Å². The molecule has 2 rings (SSSR count). The number of nitrogens with zero attached hydrogens (tertiary/aromatic N) is 1. The Balaban J connectivity index is 2.06. The molecule has 76 valence electrons. The number of anilines is 1. The van der Waals surface area contributed by atoms with Gasteiger partial charge >= 0.3 is 0 Å². The van der Waals surface area contributed by atoms with Gasteiger partial charge in [0.1, 0.15) is 5.69 Å². The molecular formula is C11H11N3O.